The fourth-order valence-electron chi connectivity index (χ4n) is 8.72. The minimum absolute atomic E-state index is 0.0664. The van der Waals surface area contributed by atoms with E-state index >= 15 is 0 Å². The number of hydrogen-bond acceptors (Lipinski definition) is 6. The van der Waals surface area contributed by atoms with Crippen LogP contribution in [0.1, 0.15) is 91.4 Å². The lowest BCUT2D eigenvalue weighted by Gasteiger charge is -2.59. The normalized spacial score (nSPS) is 42.4. The van der Waals surface area contributed by atoms with Gasteiger partial charge in [-0.05, 0) is 107 Å². The number of amides is 2. The summed E-state index contributed by atoms with van der Waals surface area (Å²) < 4.78 is 0. The molecule has 4 fully saturated rings. The number of oxime groups is 1. The van der Waals surface area contributed by atoms with Crippen LogP contribution in [0.15, 0.2) is 16.8 Å². The number of nitrogens with zero attached hydrogens (tertiary/aromatic N) is 1. The minimum atomic E-state index is -1.17. The highest BCUT2D eigenvalue weighted by atomic mass is 16.6. The van der Waals surface area contributed by atoms with Crippen molar-refractivity contribution in [1.82, 2.24) is 10.6 Å². The summed E-state index contributed by atoms with van der Waals surface area (Å²) in [6, 6.07) is -0.498. The molecule has 0 aromatic heterocycles. The van der Waals surface area contributed by atoms with Crippen molar-refractivity contribution < 1.29 is 24.3 Å². The molecule has 1 heterocycles. The Morgan fingerprint density at radius 1 is 1.11 bits per heavy atom. The van der Waals surface area contributed by atoms with Gasteiger partial charge in [0.1, 0.15) is 11.6 Å². The number of rotatable bonds is 5. The van der Waals surface area contributed by atoms with Gasteiger partial charge in [0.15, 0.2) is 12.4 Å². The van der Waals surface area contributed by atoms with Gasteiger partial charge >= 0.3 is 0 Å². The van der Waals surface area contributed by atoms with E-state index in [0.29, 0.717) is 37.1 Å². The molecule has 3 saturated carbocycles. The van der Waals surface area contributed by atoms with Crippen molar-refractivity contribution in [3.05, 3.63) is 11.6 Å². The molecular weight excluding hydrogens is 470 g/mol. The fourth-order valence-corrected chi connectivity index (χ4v) is 8.72. The Kier molecular flexibility index (Phi) is 7.01. The Bertz CT molecular complexity index is 1020. The molecule has 2 amide bonds. The van der Waals surface area contributed by atoms with Crippen LogP contribution in [-0.4, -0.2) is 53.2 Å². The van der Waals surface area contributed by atoms with E-state index in [4.69, 9.17) is 4.84 Å². The molecule has 0 unspecified atom stereocenters. The molecule has 0 aromatic carbocycles. The van der Waals surface area contributed by atoms with Crippen molar-refractivity contribution in [2.24, 2.45) is 33.7 Å². The molecule has 0 spiro atoms. The highest BCUT2D eigenvalue weighted by Crippen LogP contribution is 2.67. The number of allylic oxidation sites excluding steroid dienone is 2. The zero-order valence-corrected chi connectivity index (χ0v) is 22.6. The molecule has 8 nitrogen and oxygen atoms in total. The molecule has 5 aliphatic rings. The maximum absolute atomic E-state index is 12.4. The van der Waals surface area contributed by atoms with Crippen LogP contribution in [0.25, 0.3) is 0 Å². The van der Waals surface area contributed by atoms with Crippen LogP contribution < -0.4 is 10.6 Å². The summed E-state index contributed by atoms with van der Waals surface area (Å²) in [5.74, 6) is 0.963. The SMILES string of the molecule is CC(=O)[C@]1(O)CC[C@@H]2[C@H]3CCC4=C/C(=N/OCC(=O)N[C@H]5CCCCNC5=O)CC[C@]4(C)[C@@H]3CC[C@@]21C. The van der Waals surface area contributed by atoms with Gasteiger partial charge in [-0.2, -0.15) is 0 Å². The van der Waals surface area contributed by atoms with E-state index in [0.717, 1.165) is 63.5 Å². The summed E-state index contributed by atoms with van der Waals surface area (Å²) >= 11 is 0. The van der Waals surface area contributed by atoms with Gasteiger partial charge in [-0.25, -0.2) is 0 Å². The van der Waals surface area contributed by atoms with E-state index < -0.39 is 11.6 Å². The standard InChI is InChI=1S/C29H43N3O5/c1-18(33)29(36)14-11-23-21-8-7-19-16-20(9-12-27(19,2)22(21)10-13-28(23,29)3)32-37-17-25(34)31-24-6-4-5-15-30-26(24)35/h16,21-24,36H,4-15,17H2,1-3H3,(H,30,35)(H,31,34)/b32-20+/t21-,22+,23+,24-,27-,28-,29+/m0/s1. The maximum atomic E-state index is 12.4. The second kappa shape index (κ2) is 9.83. The summed E-state index contributed by atoms with van der Waals surface area (Å²) in [4.78, 5) is 42.2. The predicted molar refractivity (Wildman–Crippen MR) is 140 cm³/mol. The van der Waals surface area contributed by atoms with Crippen LogP contribution in [0.2, 0.25) is 0 Å². The lowest BCUT2D eigenvalue weighted by molar-refractivity contribution is -0.159. The molecular formula is C29H43N3O5. The van der Waals surface area contributed by atoms with E-state index in [1.807, 2.05) is 0 Å². The Morgan fingerprint density at radius 3 is 2.68 bits per heavy atom. The molecule has 0 radical (unpaired) electrons. The second-order valence-electron chi connectivity index (χ2n) is 12.7. The number of fused-ring (bicyclic) bond motifs is 5. The highest BCUT2D eigenvalue weighted by molar-refractivity contribution is 5.96. The van der Waals surface area contributed by atoms with Gasteiger partial charge in [0.05, 0.1) is 5.71 Å². The number of nitrogens with one attached hydrogen (secondary N) is 2. The van der Waals surface area contributed by atoms with Crippen LogP contribution in [-0.2, 0) is 19.2 Å². The number of carbonyl (C=O) groups is 3. The van der Waals surface area contributed by atoms with Gasteiger partial charge in [-0.3, -0.25) is 14.4 Å². The van der Waals surface area contributed by atoms with Crippen molar-refractivity contribution in [2.45, 2.75) is 103 Å². The predicted octanol–water partition coefficient (Wildman–Crippen LogP) is 3.43. The van der Waals surface area contributed by atoms with E-state index in [1.54, 1.807) is 6.92 Å². The molecule has 1 saturated heterocycles. The molecule has 37 heavy (non-hydrogen) atoms. The van der Waals surface area contributed by atoms with Crippen molar-refractivity contribution in [2.75, 3.05) is 13.2 Å². The first-order valence-corrected chi connectivity index (χ1v) is 14.3. The molecule has 204 valence electrons. The van der Waals surface area contributed by atoms with Crippen LogP contribution in [0.4, 0.5) is 0 Å². The third-order valence-electron chi connectivity index (χ3n) is 11.0. The molecule has 8 heteroatoms. The van der Waals surface area contributed by atoms with Crippen LogP contribution in [0.3, 0.4) is 0 Å². The lowest BCUT2D eigenvalue weighted by atomic mass is 9.46. The number of Topliss-reactive ketones (excluding diaryl/α,β-unsaturated/α-hetero) is 1. The van der Waals surface area contributed by atoms with Crippen LogP contribution >= 0.6 is 0 Å². The molecule has 4 aliphatic carbocycles. The van der Waals surface area contributed by atoms with Gasteiger partial charge in [-0.1, -0.05) is 24.6 Å². The van der Waals surface area contributed by atoms with E-state index in [1.165, 1.54) is 5.57 Å². The van der Waals surface area contributed by atoms with Crippen LogP contribution in [0.5, 0.6) is 0 Å². The molecule has 1 aliphatic heterocycles. The number of ketones is 1. The Morgan fingerprint density at radius 2 is 1.89 bits per heavy atom. The summed E-state index contributed by atoms with van der Waals surface area (Å²) in [5, 5.41) is 21.2. The zero-order chi connectivity index (χ0) is 26.4. The summed E-state index contributed by atoms with van der Waals surface area (Å²) in [7, 11) is 0. The topological polar surface area (TPSA) is 117 Å². The lowest BCUT2D eigenvalue weighted by Crippen LogP contribution is -2.57. The average molecular weight is 514 g/mol. The summed E-state index contributed by atoms with van der Waals surface area (Å²) in [6.45, 7) is 6.58. The Balaban J connectivity index is 1.22. The Hall–Kier alpha value is -2.22. The summed E-state index contributed by atoms with van der Waals surface area (Å²) in [6.07, 6.45) is 12.0. The maximum Gasteiger partial charge on any atom is 0.261 e. The first-order chi connectivity index (χ1) is 17.6. The van der Waals surface area contributed by atoms with Crippen molar-refractivity contribution in [3.63, 3.8) is 0 Å². The highest BCUT2D eigenvalue weighted by Gasteiger charge is 2.65. The monoisotopic (exact) mass is 513 g/mol. The van der Waals surface area contributed by atoms with E-state index in [9.17, 15) is 19.5 Å². The van der Waals surface area contributed by atoms with Gasteiger partial charge in [0, 0.05) is 12.0 Å². The number of aliphatic hydroxyl groups is 1. The van der Waals surface area contributed by atoms with E-state index in [-0.39, 0.29) is 35.0 Å². The first-order valence-electron chi connectivity index (χ1n) is 14.3. The second-order valence-corrected chi connectivity index (χ2v) is 12.7. The molecule has 7 atom stereocenters. The zero-order valence-electron chi connectivity index (χ0n) is 22.6. The number of hydrogen-bond donors (Lipinski definition) is 3. The smallest absolute Gasteiger partial charge is 0.261 e. The third-order valence-corrected chi connectivity index (χ3v) is 11.0. The number of carbonyl (C=O) groups excluding carboxylic acids is 3. The van der Waals surface area contributed by atoms with Gasteiger partial charge < -0.3 is 20.6 Å². The van der Waals surface area contributed by atoms with Gasteiger partial charge in [-0.15, -0.1) is 0 Å². The Labute approximate surface area is 220 Å². The quantitative estimate of drug-likeness (QED) is 0.487. The van der Waals surface area contributed by atoms with Gasteiger partial charge in [0.25, 0.3) is 5.91 Å². The van der Waals surface area contributed by atoms with Crippen molar-refractivity contribution in [1.29, 1.82) is 0 Å². The molecule has 3 N–H and O–H groups in total. The summed E-state index contributed by atoms with van der Waals surface area (Å²) in [5.41, 5.74) is 0.911. The minimum Gasteiger partial charge on any atom is -0.385 e. The van der Waals surface area contributed by atoms with E-state index in [2.05, 4.69) is 35.7 Å². The largest absolute Gasteiger partial charge is 0.385 e. The molecule has 0 bridgehead atoms. The van der Waals surface area contributed by atoms with Crippen molar-refractivity contribution in [3.8, 4) is 0 Å². The first kappa shape index (κ1) is 26.4. The molecule has 5 rings (SSSR count). The fraction of sp³-hybridized carbons (Fsp3) is 0.793. The molecule has 0 aromatic rings. The van der Waals surface area contributed by atoms with Crippen molar-refractivity contribution >= 4 is 23.3 Å². The third kappa shape index (κ3) is 4.43. The van der Waals surface area contributed by atoms with Crippen LogP contribution in [0, 0.1) is 28.6 Å². The van der Waals surface area contributed by atoms with Gasteiger partial charge in [0.2, 0.25) is 5.91 Å². The average Bonchev–Trinajstić information content (AvgIpc) is 2.99.